The lowest BCUT2D eigenvalue weighted by atomic mass is 10.2. The predicted molar refractivity (Wildman–Crippen MR) is 59.1 cm³/mol. The van der Waals surface area contributed by atoms with Crippen molar-refractivity contribution >= 4 is 0 Å². The van der Waals surface area contributed by atoms with Crippen LogP contribution in [0.2, 0.25) is 0 Å². The fourth-order valence-electron chi connectivity index (χ4n) is 1.25. The van der Waals surface area contributed by atoms with Gasteiger partial charge in [-0.25, -0.2) is 0 Å². The molecule has 0 aromatic carbocycles. The summed E-state index contributed by atoms with van der Waals surface area (Å²) >= 11 is 0. The second kappa shape index (κ2) is 7.47. The van der Waals surface area contributed by atoms with Crippen LogP contribution < -0.4 is 10.6 Å². The molecule has 1 heterocycles. The van der Waals surface area contributed by atoms with E-state index in [-0.39, 0.29) is 0 Å². The molecule has 0 amide bonds. The first-order valence-electron chi connectivity index (χ1n) is 5.24. The van der Waals surface area contributed by atoms with Crippen LogP contribution in [0, 0.1) is 0 Å². The van der Waals surface area contributed by atoms with E-state index in [4.69, 9.17) is 0 Å². The van der Waals surface area contributed by atoms with E-state index in [1.165, 1.54) is 12.0 Å². The van der Waals surface area contributed by atoms with Crippen molar-refractivity contribution in [2.45, 2.75) is 19.9 Å². The fourth-order valence-corrected chi connectivity index (χ4v) is 1.25. The summed E-state index contributed by atoms with van der Waals surface area (Å²) in [6, 6.07) is 4.08. The van der Waals surface area contributed by atoms with Gasteiger partial charge in [0.25, 0.3) is 0 Å². The first-order chi connectivity index (χ1) is 6.93. The Morgan fingerprint density at radius 1 is 1.14 bits per heavy atom. The summed E-state index contributed by atoms with van der Waals surface area (Å²) in [5.41, 5.74) is 1.29. The standard InChI is InChI=1S/C11H19N3/c1-2-12-6-3-7-14-10-11-4-8-13-9-5-11/h4-5,8-9,12,14H,2-3,6-7,10H2,1H3. The SMILES string of the molecule is CCNCCCNCc1ccncc1. The van der Waals surface area contributed by atoms with Gasteiger partial charge in [0.05, 0.1) is 0 Å². The maximum atomic E-state index is 3.98. The van der Waals surface area contributed by atoms with E-state index in [9.17, 15) is 0 Å². The number of aromatic nitrogens is 1. The van der Waals surface area contributed by atoms with Crippen molar-refractivity contribution in [1.82, 2.24) is 15.6 Å². The molecule has 0 saturated heterocycles. The third-order valence-electron chi connectivity index (χ3n) is 2.04. The normalized spacial score (nSPS) is 10.4. The summed E-state index contributed by atoms with van der Waals surface area (Å²) in [6.07, 6.45) is 4.84. The van der Waals surface area contributed by atoms with Gasteiger partial charge in [0.2, 0.25) is 0 Å². The minimum Gasteiger partial charge on any atom is -0.317 e. The molecule has 14 heavy (non-hydrogen) atoms. The molecule has 0 aliphatic heterocycles. The minimum atomic E-state index is 0.939. The van der Waals surface area contributed by atoms with Gasteiger partial charge in [-0.1, -0.05) is 6.92 Å². The third kappa shape index (κ3) is 4.94. The van der Waals surface area contributed by atoms with Crippen molar-refractivity contribution in [3.8, 4) is 0 Å². The van der Waals surface area contributed by atoms with Gasteiger partial charge < -0.3 is 10.6 Å². The molecule has 0 aliphatic carbocycles. The quantitative estimate of drug-likeness (QED) is 0.638. The summed E-state index contributed by atoms with van der Waals surface area (Å²) in [7, 11) is 0. The Labute approximate surface area is 85.9 Å². The number of hydrogen-bond donors (Lipinski definition) is 2. The summed E-state index contributed by atoms with van der Waals surface area (Å²) in [5, 5.41) is 6.69. The predicted octanol–water partition coefficient (Wildman–Crippen LogP) is 1.17. The highest BCUT2D eigenvalue weighted by Gasteiger charge is 1.90. The molecule has 1 rings (SSSR count). The number of rotatable bonds is 7. The van der Waals surface area contributed by atoms with Crippen LogP contribution in [0.3, 0.4) is 0 Å². The van der Waals surface area contributed by atoms with Gasteiger partial charge in [-0.3, -0.25) is 4.98 Å². The van der Waals surface area contributed by atoms with Crippen molar-refractivity contribution in [3.63, 3.8) is 0 Å². The molecule has 2 N–H and O–H groups in total. The van der Waals surface area contributed by atoms with Crippen LogP contribution in [0.15, 0.2) is 24.5 Å². The average molecular weight is 193 g/mol. The summed E-state index contributed by atoms with van der Waals surface area (Å²) in [4.78, 5) is 3.98. The molecule has 3 nitrogen and oxygen atoms in total. The molecule has 3 heteroatoms. The van der Waals surface area contributed by atoms with Crippen LogP contribution in [0.4, 0.5) is 0 Å². The van der Waals surface area contributed by atoms with Crippen molar-refractivity contribution < 1.29 is 0 Å². The Morgan fingerprint density at radius 2 is 1.86 bits per heavy atom. The Bertz CT molecular complexity index is 223. The Morgan fingerprint density at radius 3 is 2.57 bits per heavy atom. The van der Waals surface area contributed by atoms with E-state index in [0.29, 0.717) is 0 Å². The molecule has 1 aromatic rings. The van der Waals surface area contributed by atoms with Crippen molar-refractivity contribution in [2.75, 3.05) is 19.6 Å². The monoisotopic (exact) mass is 193 g/mol. The molecular weight excluding hydrogens is 174 g/mol. The van der Waals surface area contributed by atoms with Gasteiger partial charge >= 0.3 is 0 Å². The number of pyridine rings is 1. The zero-order valence-electron chi connectivity index (χ0n) is 8.79. The van der Waals surface area contributed by atoms with Gasteiger partial charge in [0.15, 0.2) is 0 Å². The molecule has 0 unspecified atom stereocenters. The van der Waals surface area contributed by atoms with Crippen LogP contribution in [0.5, 0.6) is 0 Å². The van der Waals surface area contributed by atoms with Crippen LogP contribution in [-0.4, -0.2) is 24.6 Å². The summed E-state index contributed by atoms with van der Waals surface area (Å²) in [5.74, 6) is 0. The molecule has 0 fully saturated rings. The summed E-state index contributed by atoms with van der Waals surface area (Å²) < 4.78 is 0. The Hall–Kier alpha value is -0.930. The number of hydrogen-bond acceptors (Lipinski definition) is 3. The zero-order chi connectivity index (χ0) is 10.1. The molecule has 0 bridgehead atoms. The Kier molecular flexibility index (Phi) is 5.95. The maximum absolute atomic E-state index is 3.98. The van der Waals surface area contributed by atoms with Gasteiger partial charge in [-0.2, -0.15) is 0 Å². The van der Waals surface area contributed by atoms with Crippen molar-refractivity contribution in [2.24, 2.45) is 0 Å². The summed E-state index contributed by atoms with van der Waals surface area (Å²) in [6.45, 7) is 6.29. The smallest absolute Gasteiger partial charge is 0.0271 e. The van der Waals surface area contributed by atoms with Crippen LogP contribution in [-0.2, 0) is 6.54 Å². The van der Waals surface area contributed by atoms with Crippen LogP contribution in [0.1, 0.15) is 18.9 Å². The van der Waals surface area contributed by atoms with Gasteiger partial charge in [-0.15, -0.1) is 0 Å². The van der Waals surface area contributed by atoms with E-state index >= 15 is 0 Å². The highest BCUT2D eigenvalue weighted by atomic mass is 14.9. The first kappa shape index (κ1) is 11.1. The average Bonchev–Trinajstić information content (AvgIpc) is 2.25. The number of nitrogens with one attached hydrogen (secondary N) is 2. The largest absolute Gasteiger partial charge is 0.317 e. The molecule has 0 saturated carbocycles. The topological polar surface area (TPSA) is 37.0 Å². The molecule has 0 aliphatic rings. The van der Waals surface area contributed by atoms with Crippen LogP contribution in [0.25, 0.3) is 0 Å². The molecule has 0 radical (unpaired) electrons. The van der Waals surface area contributed by atoms with E-state index in [1.54, 1.807) is 0 Å². The van der Waals surface area contributed by atoms with Gasteiger partial charge in [0.1, 0.15) is 0 Å². The second-order valence-corrected chi connectivity index (χ2v) is 3.24. The van der Waals surface area contributed by atoms with Crippen molar-refractivity contribution in [1.29, 1.82) is 0 Å². The lowest BCUT2D eigenvalue weighted by Gasteiger charge is -2.04. The van der Waals surface area contributed by atoms with Crippen molar-refractivity contribution in [3.05, 3.63) is 30.1 Å². The highest BCUT2D eigenvalue weighted by Crippen LogP contribution is 1.94. The Balaban J connectivity index is 1.99. The number of nitrogens with zero attached hydrogens (tertiary/aromatic N) is 1. The van der Waals surface area contributed by atoms with E-state index in [1.807, 2.05) is 24.5 Å². The molecule has 0 spiro atoms. The van der Waals surface area contributed by atoms with E-state index in [2.05, 4.69) is 22.5 Å². The lowest BCUT2D eigenvalue weighted by molar-refractivity contribution is 0.606. The highest BCUT2D eigenvalue weighted by molar-refractivity contribution is 5.08. The van der Waals surface area contributed by atoms with Gasteiger partial charge in [0, 0.05) is 18.9 Å². The fraction of sp³-hybridized carbons (Fsp3) is 0.545. The van der Waals surface area contributed by atoms with E-state index in [0.717, 1.165) is 26.2 Å². The third-order valence-corrected chi connectivity index (χ3v) is 2.04. The van der Waals surface area contributed by atoms with Gasteiger partial charge in [-0.05, 0) is 43.8 Å². The minimum absolute atomic E-state index is 0.939. The van der Waals surface area contributed by atoms with E-state index < -0.39 is 0 Å². The lowest BCUT2D eigenvalue weighted by Crippen LogP contribution is -2.21. The first-order valence-corrected chi connectivity index (χ1v) is 5.24. The van der Waals surface area contributed by atoms with Crippen LogP contribution >= 0.6 is 0 Å². The zero-order valence-corrected chi connectivity index (χ0v) is 8.79. The molecule has 1 aromatic heterocycles. The second-order valence-electron chi connectivity index (χ2n) is 3.24. The molecule has 0 atom stereocenters. The maximum Gasteiger partial charge on any atom is 0.0271 e. The molecule has 78 valence electrons. The molecular formula is C11H19N3.